The van der Waals surface area contributed by atoms with Crippen LogP contribution in [0.25, 0.3) is 38.7 Å². The van der Waals surface area contributed by atoms with E-state index in [4.69, 9.17) is 4.52 Å². The molecule has 0 radical (unpaired) electrons. The lowest BCUT2D eigenvalue weighted by molar-refractivity contribution is -0.832. The fourth-order valence-electron chi connectivity index (χ4n) is 4.31. The van der Waals surface area contributed by atoms with Crippen molar-refractivity contribution in [2.45, 2.75) is 20.8 Å². The van der Waals surface area contributed by atoms with E-state index in [1.807, 2.05) is 23.9 Å². The molecule has 0 saturated carbocycles. The molecule has 0 spiro atoms. The lowest BCUT2D eigenvalue weighted by atomic mass is 9.97. The number of fused-ring (bicyclic) bond motifs is 2. The molecular weight excluding hydrogens is 356 g/mol. The highest BCUT2D eigenvalue weighted by molar-refractivity contribution is 5.91. The average molecular weight is 380 g/mol. The van der Waals surface area contributed by atoms with E-state index in [0.717, 1.165) is 16.7 Å². The Morgan fingerprint density at radius 1 is 0.793 bits per heavy atom. The molecule has 0 aliphatic heterocycles. The van der Waals surface area contributed by atoms with E-state index in [9.17, 15) is 0 Å². The zero-order chi connectivity index (χ0) is 20.1. The minimum absolute atomic E-state index is 0.905. The quantitative estimate of drug-likeness (QED) is 0.382. The number of para-hydroxylation sites is 1. The van der Waals surface area contributed by atoms with Gasteiger partial charge in [0.1, 0.15) is 5.39 Å². The summed E-state index contributed by atoms with van der Waals surface area (Å²) in [4.78, 5) is 0. The van der Waals surface area contributed by atoms with E-state index in [2.05, 4.69) is 86.1 Å². The molecule has 3 nitrogen and oxygen atoms in total. The van der Waals surface area contributed by atoms with E-state index in [0.29, 0.717) is 0 Å². The molecule has 0 aliphatic rings. The molecule has 0 saturated heterocycles. The van der Waals surface area contributed by atoms with Gasteiger partial charge in [-0.05, 0) is 53.8 Å². The van der Waals surface area contributed by atoms with Gasteiger partial charge in [0.15, 0.2) is 18.9 Å². The molecule has 5 aromatic rings. The first-order valence-electron chi connectivity index (χ1n) is 9.94. The van der Waals surface area contributed by atoms with Gasteiger partial charge >= 0.3 is 0 Å². The molecule has 0 aliphatic carbocycles. The number of benzene rings is 3. The van der Waals surface area contributed by atoms with E-state index in [1.54, 1.807) is 0 Å². The average Bonchev–Trinajstić information content (AvgIpc) is 3.04. The Bertz CT molecular complexity index is 1400. The smallest absolute Gasteiger partial charge is 0.236 e. The zero-order valence-corrected chi connectivity index (χ0v) is 17.2. The fraction of sp³-hybridized carbons (Fsp3) is 0.154. The Kier molecular flexibility index (Phi) is 3.99. The third-order valence-electron chi connectivity index (χ3n) is 5.74. The first-order chi connectivity index (χ1) is 14.0. The normalized spacial score (nSPS) is 11.4. The first kappa shape index (κ1) is 17.6. The van der Waals surface area contributed by atoms with Crippen molar-refractivity contribution in [1.82, 2.24) is 0 Å². The number of pyridine rings is 1. The van der Waals surface area contributed by atoms with Crippen LogP contribution in [0.3, 0.4) is 0 Å². The lowest BCUT2D eigenvalue weighted by Gasteiger charge is -2.09. The van der Waals surface area contributed by atoms with Gasteiger partial charge in [-0.2, -0.15) is 4.57 Å². The summed E-state index contributed by atoms with van der Waals surface area (Å²) in [7, 11) is 1.98. The molecule has 0 unspecified atom stereocenters. The van der Waals surface area contributed by atoms with Crippen LogP contribution < -0.4 is 9.31 Å². The fourth-order valence-corrected chi connectivity index (χ4v) is 4.31. The maximum atomic E-state index is 5.99. The number of aromatic nitrogens is 2. The second-order valence-corrected chi connectivity index (χ2v) is 7.80. The van der Waals surface area contributed by atoms with Gasteiger partial charge in [0.05, 0.1) is 5.56 Å². The van der Waals surface area contributed by atoms with Crippen molar-refractivity contribution in [3.05, 3.63) is 89.7 Å². The molecule has 2 aromatic heterocycles. The van der Waals surface area contributed by atoms with Crippen LogP contribution in [0.5, 0.6) is 0 Å². The van der Waals surface area contributed by atoms with Gasteiger partial charge in [0.2, 0.25) is 11.3 Å². The summed E-state index contributed by atoms with van der Waals surface area (Å²) in [5, 5.41) is 3.63. The van der Waals surface area contributed by atoms with Crippen LogP contribution in [-0.4, -0.2) is 0 Å². The molecule has 0 bridgehead atoms. The maximum Gasteiger partial charge on any atom is 0.269 e. The molecule has 29 heavy (non-hydrogen) atoms. The predicted molar refractivity (Wildman–Crippen MR) is 116 cm³/mol. The van der Waals surface area contributed by atoms with Crippen molar-refractivity contribution in [2.24, 2.45) is 7.05 Å². The second-order valence-electron chi connectivity index (χ2n) is 7.80. The molecule has 0 amide bonds. The van der Waals surface area contributed by atoms with Crippen LogP contribution >= 0.6 is 0 Å². The topological polar surface area (TPSA) is 20.9 Å². The molecule has 3 aromatic carbocycles. The Labute approximate surface area is 170 Å². The van der Waals surface area contributed by atoms with E-state index in [1.165, 1.54) is 38.8 Å². The van der Waals surface area contributed by atoms with Crippen molar-refractivity contribution < 1.29 is 13.8 Å². The predicted octanol–water partition coefficient (Wildman–Crippen LogP) is 5.28. The SMILES string of the molecule is Cc1cc(-c2c3ccccc3o[n+]2C)c(C)c(-[n+]2cc3ccccc3cc2C)c1. The highest BCUT2D eigenvalue weighted by Crippen LogP contribution is 2.31. The van der Waals surface area contributed by atoms with Crippen molar-refractivity contribution in [2.75, 3.05) is 0 Å². The van der Waals surface area contributed by atoms with Gasteiger partial charge in [0.25, 0.3) is 5.69 Å². The monoisotopic (exact) mass is 380 g/mol. The molecule has 5 rings (SSSR count). The van der Waals surface area contributed by atoms with Gasteiger partial charge in [-0.25, -0.2) is 4.52 Å². The summed E-state index contributed by atoms with van der Waals surface area (Å²) in [6, 6.07) is 23.5. The van der Waals surface area contributed by atoms with Crippen molar-refractivity contribution in [3.63, 3.8) is 0 Å². The van der Waals surface area contributed by atoms with Crippen LogP contribution in [0.1, 0.15) is 16.8 Å². The Hall–Kier alpha value is -3.46. The van der Waals surface area contributed by atoms with Crippen LogP contribution in [0.4, 0.5) is 0 Å². The zero-order valence-electron chi connectivity index (χ0n) is 17.2. The second kappa shape index (κ2) is 6.56. The highest BCUT2D eigenvalue weighted by Gasteiger charge is 2.27. The van der Waals surface area contributed by atoms with E-state index < -0.39 is 0 Å². The Morgan fingerprint density at radius 3 is 2.34 bits per heavy atom. The van der Waals surface area contributed by atoms with Gasteiger partial charge in [-0.3, -0.25) is 0 Å². The van der Waals surface area contributed by atoms with Gasteiger partial charge in [-0.15, -0.1) is 0 Å². The molecule has 0 atom stereocenters. The largest absolute Gasteiger partial charge is 0.269 e. The van der Waals surface area contributed by atoms with Crippen molar-refractivity contribution in [1.29, 1.82) is 0 Å². The summed E-state index contributed by atoms with van der Waals surface area (Å²) < 4.78 is 10.2. The standard InChI is InChI=1S/C26H24N2O/c1-17-13-23(26-22-11-7-8-12-25(22)29-27(26)4)19(3)24(14-17)28-16-21-10-6-5-9-20(21)15-18(28)2/h5-16H,1-4H3/q+2. The number of rotatable bonds is 2. The van der Waals surface area contributed by atoms with E-state index in [-0.39, 0.29) is 0 Å². The summed E-state index contributed by atoms with van der Waals surface area (Å²) in [5.41, 5.74) is 8.10. The van der Waals surface area contributed by atoms with E-state index >= 15 is 0 Å². The van der Waals surface area contributed by atoms with Gasteiger partial charge in [0, 0.05) is 30.0 Å². The molecule has 3 heteroatoms. The van der Waals surface area contributed by atoms with Gasteiger partial charge in [-0.1, -0.05) is 30.3 Å². The maximum absolute atomic E-state index is 5.99. The lowest BCUT2D eigenvalue weighted by Crippen LogP contribution is -2.35. The third kappa shape index (κ3) is 2.82. The van der Waals surface area contributed by atoms with Gasteiger partial charge < -0.3 is 0 Å². The first-order valence-corrected chi connectivity index (χ1v) is 9.94. The van der Waals surface area contributed by atoms with Crippen LogP contribution in [-0.2, 0) is 7.05 Å². The number of hydrogen-bond donors (Lipinski definition) is 0. The number of nitrogens with zero attached hydrogens (tertiary/aromatic N) is 2. The highest BCUT2D eigenvalue weighted by atomic mass is 16.5. The third-order valence-corrected chi connectivity index (χ3v) is 5.74. The summed E-state index contributed by atoms with van der Waals surface area (Å²) in [6.45, 7) is 6.53. The molecule has 0 fully saturated rings. The Balaban J connectivity index is 1.80. The van der Waals surface area contributed by atoms with Crippen LogP contribution in [0.15, 0.2) is 77.4 Å². The number of hydrogen-bond acceptors (Lipinski definition) is 1. The van der Waals surface area contributed by atoms with Crippen LogP contribution in [0.2, 0.25) is 0 Å². The molecule has 142 valence electrons. The van der Waals surface area contributed by atoms with Crippen molar-refractivity contribution >= 4 is 21.7 Å². The van der Waals surface area contributed by atoms with Crippen LogP contribution in [0, 0.1) is 20.8 Å². The van der Waals surface area contributed by atoms with Crippen molar-refractivity contribution in [3.8, 4) is 16.9 Å². The summed E-state index contributed by atoms with van der Waals surface area (Å²) in [5.74, 6) is 0. The summed E-state index contributed by atoms with van der Waals surface area (Å²) >= 11 is 0. The minimum Gasteiger partial charge on any atom is -0.236 e. The Morgan fingerprint density at radius 2 is 1.52 bits per heavy atom. The molecular formula is C26H24N2O+2. The summed E-state index contributed by atoms with van der Waals surface area (Å²) in [6.07, 6.45) is 2.24. The molecule has 2 heterocycles. The number of aryl methyl sites for hydroxylation is 3. The molecule has 0 N–H and O–H groups in total. The minimum atomic E-state index is 0.905.